The second-order valence-corrected chi connectivity index (χ2v) is 3.19. The van der Waals surface area contributed by atoms with Gasteiger partial charge in [-0.2, -0.15) is 0 Å². The molecule has 1 aliphatic heterocycles. The number of carbonyl (C=O) groups is 2. The van der Waals surface area contributed by atoms with Crippen molar-refractivity contribution in [3.05, 3.63) is 18.2 Å². The molecule has 5 nitrogen and oxygen atoms in total. The summed E-state index contributed by atoms with van der Waals surface area (Å²) in [4.78, 5) is 21.7. The Balaban J connectivity index is 2.42. The van der Waals surface area contributed by atoms with E-state index in [9.17, 15) is 9.59 Å². The highest BCUT2D eigenvalue weighted by atomic mass is 16.5. The van der Waals surface area contributed by atoms with E-state index >= 15 is 0 Å². The van der Waals surface area contributed by atoms with Crippen LogP contribution in [0.2, 0.25) is 0 Å². The van der Waals surface area contributed by atoms with Crippen molar-refractivity contribution >= 4 is 23.7 Å². The molecule has 1 aliphatic rings. The summed E-state index contributed by atoms with van der Waals surface area (Å²) < 4.78 is 5.36. The molecule has 0 spiro atoms. The van der Waals surface area contributed by atoms with Gasteiger partial charge < -0.3 is 15.4 Å². The molecule has 1 heterocycles. The van der Waals surface area contributed by atoms with Crippen LogP contribution in [-0.2, 0) is 9.59 Å². The largest absolute Gasteiger partial charge is 0.479 e. The van der Waals surface area contributed by atoms with Gasteiger partial charge in [0.2, 0.25) is 6.41 Å². The fourth-order valence-electron chi connectivity index (χ4n) is 1.41. The fraction of sp³-hybridized carbons (Fsp3) is 0.200. The number of hydrogen-bond donors (Lipinski definition) is 2. The van der Waals surface area contributed by atoms with E-state index in [1.165, 1.54) is 0 Å². The summed E-state index contributed by atoms with van der Waals surface area (Å²) in [5.41, 5.74) is 1.04. The lowest BCUT2D eigenvalue weighted by Crippen LogP contribution is -2.34. The first-order valence-corrected chi connectivity index (χ1v) is 4.53. The van der Waals surface area contributed by atoms with Gasteiger partial charge in [-0.05, 0) is 19.1 Å². The van der Waals surface area contributed by atoms with Crippen molar-refractivity contribution in [2.45, 2.75) is 13.0 Å². The molecular formula is C10H10N2O3. The zero-order valence-electron chi connectivity index (χ0n) is 8.11. The molecule has 0 saturated carbocycles. The van der Waals surface area contributed by atoms with Crippen LogP contribution in [0.5, 0.6) is 5.75 Å². The highest BCUT2D eigenvalue weighted by Gasteiger charge is 2.25. The number of carbonyl (C=O) groups excluding carboxylic acids is 2. The molecule has 1 aromatic carbocycles. The number of ether oxygens (including phenoxy) is 1. The van der Waals surface area contributed by atoms with E-state index in [0.29, 0.717) is 23.5 Å². The van der Waals surface area contributed by atoms with Crippen LogP contribution in [0.3, 0.4) is 0 Å². The molecule has 5 heteroatoms. The number of benzene rings is 1. The molecule has 78 valence electrons. The molecule has 0 saturated heterocycles. The van der Waals surface area contributed by atoms with E-state index in [4.69, 9.17) is 4.74 Å². The SMILES string of the molecule is CC1Oc2cccc(NC=O)c2NC1=O. The molecule has 1 unspecified atom stereocenters. The molecule has 15 heavy (non-hydrogen) atoms. The summed E-state index contributed by atoms with van der Waals surface area (Å²) in [6, 6.07) is 5.17. The van der Waals surface area contributed by atoms with Crippen molar-refractivity contribution < 1.29 is 14.3 Å². The van der Waals surface area contributed by atoms with Crippen LogP contribution in [0.15, 0.2) is 18.2 Å². The third-order valence-corrected chi connectivity index (χ3v) is 2.16. The van der Waals surface area contributed by atoms with Gasteiger partial charge in [0.15, 0.2) is 6.10 Å². The monoisotopic (exact) mass is 206 g/mol. The van der Waals surface area contributed by atoms with Gasteiger partial charge in [-0.25, -0.2) is 0 Å². The maximum Gasteiger partial charge on any atom is 0.265 e. The van der Waals surface area contributed by atoms with E-state index in [2.05, 4.69) is 10.6 Å². The van der Waals surface area contributed by atoms with Gasteiger partial charge in [0.1, 0.15) is 11.4 Å². The summed E-state index contributed by atoms with van der Waals surface area (Å²) in [7, 11) is 0. The minimum atomic E-state index is -0.510. The second kappa shape index (κ2) is 3.61. The normalized spacial score (nSPS) is 18.5. The van der Waals surface area contributed by atoms with Gasteiger partial charge in [-0.15, -0.1) is 0 Å². The van der Waals surface area contributed by atoms with E-state index < -0.39 is 6.10 Å². The van der Waals surface area contributed by atoms with Gasteiger partial charge in [-0.3, -0.25) is 9.59 Å². The van der Waals surface area contributed by atoms with Gasteiger partial charge in [0.25, 0.3) is 5.91 Å². The van der Waals surface area contributed by atoms with Gasteiger partial charge in [0, 0.05) is 0 Å². The van der Waals surface area contributed by atoms with Crippen molar-refractivity contribution in [3.8, 4) is 5.75 Å². The molecule has 2 N–H and O–H groups in total. The van der Waals surface area contributed by atoms with E-state index in [0.717, 1.165) is 0 Å². The van der Waals surface area contributed by atoms with Crippen LogP contribution in [-0.4, -0.2) is 18.4 Å². The molecule has 2 rings (SSSR count). The van der Waals surface area contributed by atoms with Crippen LogP contribution in [0.25, 0.3) is 0 Å². The Hall–Kier alpha value is -2.04. The maximum atomic E-state index is 11.4. The summed E-state index contributed by atoms with van der Waals surface area (Å²) in [5, 5.41) is 5.17. The molecule has 0 aromatic heterocycles. The standard InChI is InChI=1S/C10H10N2O3/c1-6-10(14)12-9-7(11-5-13)3-2-4-8(9)15-6/h2-6H,1H3,(H,11,13)(H,12,14). The highest BCUT2D eigenvalue weighted by molar-refractivity contribution is 6.02. The van der Waals surface area contributed by atoms with Crippen LogP contribution in [0.4, 0.5) is 11.4 Å². The molecule has 1 aromatic rings. The average molecular weight is 206 g/mol. The van der Waals surface area contributed by atoms with Crippen molar-refractivity contribution in [3.63, 3.8) is 0 Å². The predicted octanol–water partition coefficient (Wildman–Crippen LogP) is 0.974. The van der Waals surface area contributed by atoms with E-state index in [1.54, 1.807) is 25.1 Å². The molecule has 0 bridgehead atoms. The third kappa shape index (κ3) is 1.63. The lowest BCUT2D eigenvalue weighted by Gasteiger charge is -2.24. The van der Waals surface area contributed by atoms with Crippen LogP contribution in [0, 0.1) is 0 Å². The van der Waals surface area contributed by atoms with Crippen molar-refractivity contribution in [1.82, 2.24) is 0 Å². The third-order valence-electron chi connectivity index (χ3n) is 2.16. The number of fused-ring (bicyclic) bond motifs is 1. The number of anilines is 2. The fourth-order valence-corrected chi connectivity index (χ4v) is 1.41. The number of amides is 2. The molecular weight excluding hydrogens is 196 g/mol. The van der Waals surface area contributed by atoms with Crippen molar-refractivity contribution in [2.24, 2.45) is 0 Å². The summed E-state index contributed by atoms with van der Waals surface area (Å²) in [6.07, 6.45) is 0.0452. The second-order valence-electron chi connectivity index (χ2n) is 3.19. The Morgan fingerprint density at radius 3 is 3.07 bits per heavy atom. The number of hydrogen-bond acceptors (Lipinski definition) is 3. The Labute approximate surface area is 86.4 Å². The molecule has 0 fully saturated rings. The topological polar surface area (TPSA) is 67.4 Å². The molecule has 2 amide bonds. The summed E-state index contributed by atoms with van der Waals surface area (Å²) in [6.45, 7) is 1.66. The van der Waals surface area contributed by atoms with Crippen LogP contribution >= 0.6 is 0 Å². The quantitative estimate of drug-likeness (QED) is 0.708. The van der Waals surface area contributed by atoms with Gasteiger partial charge in [-0.1, -0.05) is 6.07 Å². The van der Waals surface area contributed by atoms with E-state index in [-0.39, 0.29) is 5.91 Å². The van der Waals surface area contributed by atoms with Gasteiger partial charge >= 0.3 is 0 Å². The Kier molecular flexibility index (Phi) is 2.29. The lowest BCUT2D eigenvalue weighted by atomic mass is 10.2. The molecule has 0 radical (unpaired) electrons. The Morgan fingerprint density at radius 2 is 2.33 bits per heavy atom. The zero-order chi connectivity index (χ0) is 10.8. The van der Waals surface area contributed by atoms with Crippen LogP contribution in [0.1, 0.15) is 6.92 Å². The smallest absolute Gasteiger partial charge is 0.265 e. The number of rotatable bonds is 2. The molecule has 0 aliphatic carbocycles. The lowest BCUT2D eigenvalue weighted by molar-refractivity contribution is -0.122. The first-order valence-electron chi connectivity index (χ1n) is 4.53. The van der Waals surface area contributed by atoms with Crippen molar-refractivity contribution in [2.75, 3.05) is 10.6 Å². The minimum Gasteiger partial charge on any atom is -0.479 e. The van der Waals surface area contributed by atoms with E-state index in [1.807, 2.05) is 0 Å². The molecule has 1 atom stereocenters. The maximum absolute atomic E-state index is 11.4. The van der Waals surface area contributed by atoms with Crippen molar-refractivity contribution in [1.29, 1.82) is 0 Å². The minimum absolute atomic E-state index is 0.220. The Bertz CT molecular complexity index is 417. The predicted molar refractivity (Wildman–Crippen MR) is 54.8 cm³/mol. The zero-order valence-corrected chi connectivity index (χ0v) is 8.11. The number of nitrogens with one attached hydrogen (secondary N) is 2. The van der Waals surface area contributed by atoms with Gasteiger partial charge in [0.05, 0.1) is 5.69 Å². The van der Waals surface area contributed by atoms with Crippen LogP contribution < -0.4 is 15.4 Å². The Morgan fingerprint density at radius 1 is 1.53 bits per heavy atom. The first-order chi connectivity index (χ1) is 7.22. The summed E-state index contributed by atoms with van der Waals surface area (Å²) >= 11 is 0. The number of para-hydroxylation sites is 1. The average Bonchev–Trinajstić information content (AvgIpc) is 2.21. The first kappa shape index (κ1) is 9.51. The summed E-state index contributed by atoms with van der Waals surface area (Å²) in [5.74, 6) is 0.344. The highest BCUT2D eigenvalue weighted by Crippen LogP contribution is 2.35.